The molecular weight excluding hydrogens is 214 g/mol. The van der Waals surface area contributed by atoms with Gasteiger partial charge in [-0.05, 0) is 6.92 Å². The molecule has 0 fully saturated rings. The molecule has 90 valence electrons. The number of nitrogens with one attached hydrogen (secondary N) is 1. The van der Waals surface area contributed by atoms with Crippen molar-refractivity contribution in [2.75, 3.05) is 11.9 Å². The molecule has 0 saturated heterocycles. The number of fused-ring (bicyclic) bond motifs is 1. The zero-order chi connectivity index (χ0) is 12.5. The third kappa shape index (κ3) is 2.33. The first-order chi connectivity index (χ1) is 8.02. The van der Waals surface area contributed by atoms with E-state index in [-0.39, 0.29) is 5.41 Å². The Morgan fingerprint density at radius 1 is 1.18 bits per heavy atom. The van der Waals surface area contributed by atoms with Crippen LogP contribution in [-0.4, -0.2) is 26.5 Å². The van der Waals surface area contributed by atoms with Crippen molar-refractivity contribution in [3.8, 4) is 0 Å². The minimum absolute atomic E-state index is 0.0719. The molecule has 17 heavy (non-hydrogen) atoms. The zero-order valence-electron chi connectivity index (χ0n) is 10.7. The van der Waals surface area contributed by atoms with Gasteiger partial charge in [0.05, 0.1) is 5.39 Å². The predicted octanol–water partition coefficient (Wildman–Crippen LogP) is 2.15. The monoisotopic (exact) mass is 231 g/mol. The molecule has 0 spiro atoms. The molecule has 5 nitrogen and oxygen atoms in total. The number of hydrogen-bond donors (Lipinski definition) is 1. The van der Waals surface area contributed by atoms with E-state index in [0.717, 1.165) is 23.6 Å². The number of rotatable bonds is 2. The zero-order valence-corrected chi connectivity index (χ0v) is 10.7. The Labute approximate surface area is 101 Å². The summed E-state index contributed by atoms with van der Waals surface area (Å²) < 4.78 is 0. The summed E-state index contributed by atoms with van der Waals surface area (Å²) in [7, 11) is 0. The van der Waals surface area contributed by atoms with Crippen LogP contribution in [0.3, 0.4) is 0 Å². The smallest absolute Gasteiger partial charge is 0.168 e. The van der Waals surface area contributed by atoms with E-state index >= 15 is 0 Å². The van der Waals surface area contributed by atoms with Crippen molar-refractivity contribution < 1.29 is 0 Å². The first kappa shape index (κ1) is 11.7. The van der Waals surface area contributed by atoms with Crippen molar-refractivity contribution in [3.05, 3.63) is 18.3 Å². The van der Waals surface area contributed by atoms with E-state index in [1.807, 2.05) is 6.92 Å². The van der Waals surface area contributed by atoms with Crippen LogP contribution in [-0.2, 0) is 5.41 Å². The number of anilines is 1. The summed E-state index contributed by atoms with van der Waals surface area (Å²) in [5, 5.41) is 4.04. The summed E-state index contributed by atoms with van der Waals surface area (Å²) in [6.45, 7) is 9.09. The van der Waals surface area contributed by atoms with Crippen LogP contribution < -0.4 is 5.32 Å². The Balaban J connectivity index is 2.57. The maximum Gasteiger partial charge on any atom is 0.168 e. The lowest BCUT2D eigenvalue weighted by molar-refractivity contribution is 0.547. The molecule has 2 heterocycles. The first-order valence-electron chi connectivity index (χ1n) is 5.74. The van der Waals surface area contributed by atoms with Crippen molar-refractivity contribution in [2.24, 2.45) is 0 Å². The molecule has 1 N–H and O–H groups in total. The Kier molecular flexibility index (Phi) is 2.92. The Morgan fingerprint density at radius 3 is 2.59 bits per heavy atom. The van der Waals surface area contributed by atoms with Gasteiger partial charge in [0.2, 0.25) is 0 Å². The van der Waals surface area contributed by atoms with Crippen LogP contribution in [0.5, 0.6) is 0 Å². The van der Waals surface area contributed by atoms with Gasteiger partial charge < -0.3 is 5.32 Å². The van der Waals surface area contributed by atoms with Gasteiger partial charge in [-0.2, -0.15) is 0 Å². The number of aromatic nitrogens is 4. The van der Waals surface area contributed by atoms with Gasteiger partial charge in [-0.25, -0.2) is 19.9 Å². The van der Waals surface area contributed by atoms with Gasteiger partial charge in [0.15, 0.2) is 5.65 Å². The van der Waals surface area contributed by atoms with Crippen molar-refractivity contribution in [3.63, 3.8) is 0 Å². The molecule has 0 unspecified atom stereocenters. The van der Waals surface area contributed by atoms with Gasteiger partial charge >= 0.3 is 0 Å². The van der Waals surface area contributed by atoms with Crippen molar-refractivity contribution in [1.29, 1.82) is 0 Å². The minimum atomic E-state index is -0.0719. The van der Waals surface area contributed by atoms with Gasteiger partial charge in [-0.15, -0.1) is 0 Å². The lowest BCUT2D eigenvalue weighted by Crippen LogP contribution is -2.16. The molecule has 2 aromatic rings. The lowest BCUT2D eigenvalue weighted by atomic mass is 9.96. The molecule has 0 aliphatic rings. The van der Waals surface area contributed by atoms with Gasteiger partial charge in [0.1, 0.15) is 18.0 Å². The molecular formula is C12H17N5. The van der Waals surface area contributed by atoms with Crippen LogP contribution in [0.1, 0.15) is 33.5 Å². The van der Waals surface area contributed by atoms with E-state index < -0.39 is 0 Å². The highest BCUT2D eigenvalue weighted by molar-refractivity contribution is 5.85. The molecule has 5 heteroatoms. The normalized spacial score (nSPS) is 11.8. The molecule has 0 bridgehead atoms. The van der Waals surface area contributed by atoms with Crippen molar-refractivity contribution in [2.45, 2.75) is 33.1 Å². The molecule has 2 aromatic heterocycles. The average Bonchev–Trinajstić information content (AvgIpc) is 2.28. The van der Waals surface area contributed by atoms with Crippen LogP contribution in [0, 0.1) is 0 Å². The van der Waals surface area contributed by atoms with Crippen LogP contribution >= 0.6 is 0 Å². The maximum atomic E-state index is 4.49. The summed E-state index contributed by atoms with van der Waals surface area (Å²) in [6, 6.07) is 0. The molecule has 0 aliphatic heterocycles. The first-order valence-corrected chi connectivity index (χ1v) is 5.74. The van der Waals surface area contributed by atoms with E-state index in [4.69, 9.17) is 0 Å². The van der Waals surface area contributed by atoms with Crippen molar-refractivity contribution in [1.82, 2.24) is 19.9 Å². The summed E-state index contributed by atoms with van der Waals surface area (Å²) in [4.78, 5) is 17.3. The molecule has 0 aromatic carbocycles. The third-order valence-corrected chi connectivity index (χ3v) is 2.41. The second kappa shape index (κ2) is 4.24. The topological polar surface area (TPSA) is 63.6 Å². The van der Waals surface area contributed by atoms with Crippen LogP contribution in [0.25, 0.3) is 11.0 Å². The van der Waals surface area contributed by atoms with Crippen LogP contribution in [0.15, 0.2) is 12.5 Å². The van der Waals surface area contributed by atoms with Gasteiger partial charge in [-0.1, -0.05) is 20.8 Å². The second-order valence-corrected chi connectivity index (χ2v) is 4.93. The molecule has 0 amide bonds. The Morgan fingerprint density at radius 2 is 1.94 bits per heavy atom. The summed E-state index contributed by atoms with van der Waals surface area (Å²) in [6.07, 6.45) is 3.32. The van der Waals surface area contributed by atoms with E-state index in [9.17, 15) is 0 Å². The highest BCUT2D eigenvalue weighted by atomic mass is 15.0. The fourth-order valence-electron chi connectivity index (χ4n) is 1.52. The van der Waals surface area contributed by atoms with Gasteiger partial charge in [0, 0.05) is 18.2 Å². The molecule has 0 atom stereocenters. The number of nitrogens with zero attached hydrogens (tertiary/aromatic N) is 4. The van der Waals surface area contributed by atoms with E-state index in [2.05, 4.69) is 46.0 Å². The van der Waals surface area contributed by atoms with Crippen molar-refractivity contribution >= 4 is 16.9 Å². The van der Waals surface area contributed by atoms with E-state index in [1.54, 1.807) is 6.20 Å². The summed E-state index contributed by atoms with van der Waals surface area (Å²) in [5.74, 6) is 1.59. The highest BCUT2D eigenvalue weighted by Crippen LogP contribution is 2.22. The molecule has 2 rings (SSSR count). The quantitative estimate of drug-likeness (QED) is 0.858. The lowest BCUT2D eigenvalue weighted by Gasteiger charge is -2.16. The minimum Gasteiger partial charge on any atom is -0.370 e. The standard InChI is InChI=1S/C12H17N5/c1-5-13-9-8-6-14-11(12(2,3)4)17-10(8)16-7-15-9/h6-7H,5H2,1-4H3,(H,13,14,15,16,17). The summed E-state index contributed by atoms with van der Waals surface area (Å²) in [5.41, 5.74) is 0.619. The molecule has 0 radical (unpaired) electrons. The Hall–Kier alpha value is -1.78. The van der Waals surface area contributed by atoms with Crippen LogP contribution in [0.2, 0.25) is 0 Å². The largest absolute Gasteiger partial charge is 0.370 e. The van der Waals surface area contributed by atoms with Gasteiger partial charge in [-0.3, -0.25) is 0 Å². The third-order valence-electron chi connectivity index (χ3n) is 2.41. The summed E-state index contributed by atoms with van der Waals surface area (Å²) >= 11 is 0. The fraction of sp³-hybridized carbons (Fsp3) is 0.500. The van der Waals surface area contributed by atoms with Gasteiger partial charge in [0.25, 0.3) is 0 Å². The highest BCUT2D eigenvalue weighted by Gasteiger charge is 2.18. The predicted molar refractivity (Wildman–Crippen MR) is 68.0 cm³/mol. The molecule has 0 saturated carbocycles. The second-order valence-electron chi connectivity index (χ2n) is 4.93. The Bertz CT molecular complexity index is 530. The van der Waals surface area contributed by atoms with E-state index in [0.29, 0.717) is 5.65 Å². The fourth-order valence-corrected chi connectivity index (χ4v) is 1.52. The van der Waals surface area contributed by atoms with E-state index in [1.165, 1.54) is 6.33 Å². The van der Waals surface area contributed by atoms with Crippen LogP contribution in [0.4, 0.5) is 5.82 Å². The average molecular weight is 231 g/mol. The maximum absolute atomic E-state index is 4.49. The SMILES string of the molecule is CCNc1ncnc2nc(C(C)(C)C)ncc12. The molecule has 0 aliphatic carbocycles. The number of hydrogen-bond acceptors (Lipinski definition) is 5.